The summed E-state index contributed by atoms with van der Waals surface area (Å²) in [7, 11) is 1.63. The lowest BCUT2D eigenvalue weighted by Gasteiger charge is -2.45. The van der Waals surface area contributed by atoms with Gasteiger partial charge in [0.15, 0.2) is 0 Å². The Morgan fingerprint density at radius 2 is 1.62 bits per heavy atom. The number of halogens is 2. The number of nitrogens with zero attached hydrogens (tertiary/aromatic N) is 4. The van der Waals surface area contributed by atoms with E-state index in [0.29, 0.717) is 30.8 Å². The highest BCUT2D eigenvalue weighted by Crippen LogP contribution is 2.37. The van der Waals surface area contributed by atoms with Crippen molar-refractivity contribution in [1.82, 2.24) is 9.47 Å². The van der Waals surface area contributed by atoms with Gasteiger partial charge < -0.3 is 19.0 Å². The fourth-order valence-corrected chi connectivity index (χ4v) is 5.95. The molecule has 9 heteroatoms. The van der Waals surface area contributed by atoms with E-state index in [1.807, 2.05) is 18.2 Å². The van der Waals surface area contributed by atoms with E-state index in [4.69, 9.17) is 11.3 Å². The average molecular weight is 541 g/mol. The van der Waals surface area contributed by atoms with E-state index in [1.54, 1.807) is 31.3 Å². The summed E-state index contributed by atoms with van der Waals surface area (Å²) in [6, 6.07) is 17.5. The number of carbonyl (C=O) groups is 1. The van der Waals surface area contributed by atoms with Crippen LogP contribution >= 0.6 is 0 Å². The van der Waals surface area contributed by atoms with Gasteiger partial charge in [-0.1, -0.05) is 24.3 Å². The molecule has 7 nitrogen and oxygen atoms in total. The number of aryl methyl sites for hydroxylation is 1. The maximum Gasteiger partial charge on any atom is 0.346 e. The number of cyclic esters (lactones) is 1. The molecule has 40 heavy (non-hydrogen) atoms. The summed E-state index contributed by atoms with van der Waals surface area (Å²) in [5.41, 5.74) is 3.29. The number of anilines is 1. The summed E-state index contributed by atoms with van der Waals surface area (Å²) in [6.45, 7) is 9.08. The number of hydrogen-bond donors (Lipinski definition) is 0. The Labute approximate surface area is 229 Å². The van der Waals surface area contributed by atoms with Crippen LogP contribution in [0.4, 0.5) is 14.5 Å². The molecule has 1 fully saturated rings. The summed E-state index contributed by atoms with van der Waals surface area (Å²) in [4.78, 5) is 34.4. The number of ether oxygens (including phenoxy) is 1. The van der Waals surface area contributed by atoms with Crippen molar-refractivity contribution in [2.75, 3.05) is 31.1 Å². The van der Waals surface area contributed by atoms with Crippen LogP contribution in [0.2, 0.25) is 0 Å². The lowest BCUT2D eigenvalue weighted by molar-refractivity contribution is 0.0451. The Kier molecular flexibility index (Phi) is 6.56. The van der Waals surface area contributed by atoms with Crippen molar-refractivity contribution in [3.8, 4) is 0 Å². The van der Waals surface area contributed by atoms with Crippen molar-refractivity contribution in [1.29, 1.82) is 0 Å². The summed E-state index contributed by atoms with van der Waals surface area (Å²) in [5.74, 6) is -1.35. The van der Waals surface area contributed by atoms with Gasteiger partial charge in [-0.2, -0.15) is 0 Å². The minimum Gasteiger partial charge on any atom is -0.460 e. The predicted octanol–water partition coefficient (Wildman–Crippen LogP) is 4.69. The minimum absolute atomic E-state index is 0.000434. The molecule has 0 amide bonds. The molecule has 0 bridgehead atoms. The van der Waals surface area contributed by atoms with Gasteiger partial charge in [0.1, 0.15) is 23.8 Å². The fraction of sp³-hybridized carbons (Fsp3) is 0.258. The molecule has 0 radical (unpaired) electrons. The Bertz CT molecular complexity index is 1670. The highest BCUT2D eigenvalue weighted by atomic mass is 19.1. The monoisotopic (exact) mass is 540 g/mol. The predicted molar refractivity (Wildman–Crippen MR) is 147 cm³/mol. The first-order chi connectivity index (χ1) is 19.4. The van der Waals surface area contributed by atoms with E-state index in [1.165, 1.54) is 28.8 Å². The van der Waals surface area contributed by atoms with Gasteiger partial charge in [0.25, 0.3) is 5.56 Å². The highest BCUT2D eigenvalue weighted by Gasteiger charge is 2.39. The van der Waals surface area contributed by atoms with Gasteiger partial charge >= 0.3 is 5.97 Å². The normalized spacial score (nSPS) is 17.2. The van der Waals surface area contributed by atoms with Crippen molar-refractivity contribution in [2.24, 2.45) is 7.05 Å². The number of aromatic nitrogens is 1. The van der Waals surface area contributed by atoms with Crippen LogP contribution in [0.15, 0.2) is 71.5 Å². The fourth-order valence-electron chi connectivity index (χ4n) is 5.95. The summed E-state index contributed by atoms with van der Waals surface area (Å²) in [6.07, 6.45) is 0. The SMILES string of the molecule is [C-]#[N+]Cc1ccc2c(c1)c1c(c(=O)n2C)C(=O)OC[C@H]2CN(C(c3ccc(F)cc3)c3ccc(F)cc3)CCN12. The third kappa shape index (κ3) is 4.40. The number of esters is 1. The molecular formula is C31H26F2N4O3. The Balaban J connectivity index is 1.44. The number of rotatable bonds is 4. The zero-order chi connectivity index (χ0) is 28.0. The molecule has 0 saturated carbocycles. The quantitative estimate of drug-likeness (QED) is 0.278. The van der Waals surface area contributed by atoms with Gasteiger partial charge in [0.2, 0.25) is 6.54 Å². The van der Waals surface area contributed by atoms with Gasteiger partial charge in [0.05, 0.1) is 23.3 Å². The largest absolute Gasteiger partial charge is 0.460 e. The van der Waals surface area contributed by atoms with Crippen molar-refractivity contribution in [2.45, 2.75) is 18.6 Å². The maximum atomic E-state index is 13.8. The number of carbonyl (C=O) groups excluding carboxylic acids is 1. The zero-order valence-electron chi connectivity index (χ0n) is 21.8. The minimum atomic E-state index is -0.664. The van der Waals surface area contributed by atoms with Gasteiger partial charge in [0, 0.05) is 37.6 Å². The smallest absolute Gasteiger partial charge is 0.346 e. The van der Waals surface area contributed by atoms with Crippen molar-refractivity contribution in [3.63, 3.8) is 0 Å². The average Bonchev–Trinajstić information content (AvgIpc) is 3.10. The molecule has 202 valence electrons. The van der Waals surface area contributed by atoms with Crippen LogP contribution in [0.5, 0.6) is 0 Å². The third-order valence-corrected chi connectivity index (χ3v) is 7.84. The first kappa shape index (κ1) is 25.7. The van der Waals surface area contributed by atoms with Gasteiger partial charge in [-0.25, -0.2) is 20.1 Å². The molecule has 2 aliphatic rings. The van der Waals surface area contributed by atoms with Crippen LogP contribution in [-0.4, -0.2) is 47.7 Å². The van der Waals surface area contributed by atoms with Crippen molar-refractivity contribution in [3.05, 3.63) is 122 Å². The molecule has 0 aliphatic carbocycles. The number of hydrogen-bond acceptors (Lipinski definition) is 5. The number of fused-ring (bicyclic) bond motifs is 5. The Morgan fingerprint density at radius 3 is 2.25 bits per heavy atom. The first-order valence-electron chi connectivity index (χ1n) is 13.0. The van der Waals surface area contributed by atoms with Crippen LogP contribution in [0.3, 0.4) is 0 Å². The van der Waals surface area contributed by atoms with Gasteiger partial charge in [-0.05, 0) is 53.6 Å². The van der Waals surface area contributed by atoms with Crippen molar-refractivity contribution < 1.29 is 18.3 Å². The van der Waals surface area contributed by atoms with Crippen LogP contribution in [0.1, 0.15) is 33.1 Å². The molecule has 1 aromatic heterocycles. The first-order valence-corrected chi connectivity index (χ1v) is 13.0. The zero-order valence-corrected chi connectivity index (χ0v) is 21.8. The molecule has 1 atom stereocenters. The number of pyridine rings is 1. The van der Waals surface area contributed by atoms with Gasteiger partial charge in [-0.15, -0.1) is 0 Å². The maximum absolute atomic E-state index is 13.8. The van der Waals surface area contributed by atoms with Crippen molar-refractivity contribution >= 4 is 22.6 Å². The second-order valence-electron chi connectivity index (χ2n) is 10.2. The Hall–Kier alpha value is -4.55. The molecule has 0 spiro atoms. The Morgan fingerprint density at radius 1 is 0.975 bits per heavy atom. The van der Waals surface area contributed by atoms with Crippen LogP contribution in [0.25, 0.3) is 15.7 Å². The second kappa shape index (κ2) is 10.2. The standard InChI is InChI=1S/C31H26F2N4O3/c1-34-16-19-3-12-26-25(15-19)29-27(30(38)35(26)2)31(39)40-18-24-17-36(13-14-37(24)29)28(20-4-8-22(32)9-5-20)21-6-10-23(33)11-7-21/h3-12,15,24,28H,13-14,16-18H2,2H3/t24-/m1/s1. The molecule has 1 saturated heterocycles. The molecular weight excluding hydrogens is 514 g/mol. The third-order valence-electron chi connectivity index (χ3n) is 7.84. The molecule has 4 aromatic rings. The van der Waals surface area contributed by atoms with E-state index < -0.39 is 11.5 Å². The van der Waals surface area contributed by atoms with Crippen LogP contribution in [-0.2, 0) is 18.3 Å². The molecule has 3 heterocycles. The van der Waals surface area contributed by atoms with Crippen LogP contribution in [0, 0.1) is 18.2 Å². The highest BCUT2D eigenvalue weighted by molar-refractivity contribution is 6.06. The molecule has 3 aromatic carbocycles. The van der Waals surface area contributed by atoms with Gasteiger partial charge in [-0.3, -0.25) is 9.69 Å². The lowest BCUT2D eigenvalue weighted by Crippen LogP contribution is -2.55. The van der Waals surface area contributed by atoms with E-state index in [0.717, 1.165) is 22.1 Å². The van der Waals surface area contributed by atoms with E-state index in [-0.39, 0.29) is 42.4 Å². The summed E-state index contributed by atoms with van der Waals surface area (Å²) >= 11 is 0. The molecule has 2 aliphatic heterocycles. The molecule has 6 rings (SSSR count). The molecule has 0 unspecified atom stereocenters. The van der Waals surface area contributed by atoms with E-state index in [9.17, 15) is 18.4 Å². The topological polar surface area (TPSA) is 59.1 Å². The van der Waals surface area contributed by atoms with E-state index >= 15 is 0 Å². The molecule has 0 N–H and O–H groups in total. The lowest BCUT2D eigenvalue weighted by atomic mass is 9.95. The number of piperazine rings is 1. The summed E-state index contributed by atoms with van der Waals surface area (Å²) < 4.78 is 34.7. The van der Waals surface area contributed by atoms with E-state index in [2.05, 4.69) is 14.6 Å². The number of benzene rings is 3. The summed E-state index contributed by atoms with van der Waals surface area (Å²) in [5, 5.41) is 0.726. The second-order valence-corrected chi connectivity index (χ2v) is 10.2. The van der Waals surface area contributed by atoms with Crippen LogP contribution < -0.4 is 10.5 Å².